The van der Waals surface area contributed by atoms with E-state index >= 15 is 0 Å². The van der Waals surface area contributed by atoms with Gasteiger partial charge in [-0.25, -0.2) is 8.78 Å². The van der Waals surface area contributed by atoms with Crippen LogP contribution in [0.1, 0.15) is 30.7 Å². The van der Waals surface area contributed by atoms with E-state index in [9.17, 15) is 8.78 Å². The highest BCUT2D eigenvalue weighted by Gasteiger charge is 2.44. The molecule has 3 heteroatoms. The fourth-order valence-electron chi connectivity index (χ4n) is 2.07. The largest absolute Gasteiger partial charge is 0.254 e. The highest BCUT2D eigenvalue weighted by atomic mass is 79.9. The van der Waals surface area contributed by atoms with E-state index in [1.807, 2.05) is 18.2 Å². The third kappa shape index (κ3) is 1.70. The molecular formula is C11H11BrF2. The van der Waals surface area contributed by atoms with Crippen molar-refractivity contribution in [3.8, 4) is 0 Å². The second-order valence-corrected chi connectivity index (χ2v) is 4.58. The Morgan fingerprint density at radius 1 is 1.29 bits per heavy atom. The molecule has 0 radical (unpaired) electrons. The Morgan fingerprint density at radius 2 is 2.00 bits per heavy atom. The summed E-state index contributed by atoms with van der Waals surface area (Å²) in [6.07, 6.45) is 1.24. The minimum absolute atomic E-state index is 0.0268. The van der Waals surface area contributed by atoms with Crippen LogP contribution in [0.25, 0.3) is 0 Å². The third-order valence-electron chi connectivity index (χ3n) is 2.79. The molecule has 1 aromatic rings. The van der Waals surface area contributed by atoms with Crippen LogP contribution in [0.2, 0.25) is 0 Å². The van der Waals surface area contributed by atoms with E-state index in [2.05, 4.69) is 15.9 Å². The number of hydrogen-bond donors (Lipinski definition) is 0. The van der Waals surface area contributed by atoms with Gasteiger partial charge in [0.05, 0.1) is 0 Å². The smallest absolute Gasteiger partial charge is 0.206 e. The van der Waals surface area contributed by atoms with E-state index in [0.717, 1.165) is 10.0 Å². The SMILES string of the molecule is FC1(F)CCCC1c1ccccc1Br. The number of hydrogen-bond acceptors (Lipinski definition) is 0. The lowest BCUT2D eigenvalue weighted by atomic mass is 9.95. The van der Waals surface area contributed by atoms with Crippen molar-refractivity contribution in [2.75, 3.05) is 0 Å². The molecule has 0 N–H and O–H groups in total. The Hall–Kier alpha value is -0.440. The van der Waals surface area contributed by atoms with Gasteiger partial charge in [0.25, 0.3) is 5.92 Å². The van der Waals surface area contributed by atoms with Gasteiger partial charge in [-0.05, 0) is 24.5 Å². The summed E-state index contributed by atoms with van der Waals surface area (Å²) >= 11 is 3.32. The van der Waals surface area contributed by atoms with Gasteiger partial charge in [0.15, 0.2) is 0 Å². The zero-order chi connectivity index (χ0) is 10.2. The first-order valence-electron chi connectivity index (χ1n) is 4.73. The maximum atomic E-state index is 13.5. The predicted molar refractivity (Wildman–Crippen MR) is 55.7 cm³/mol. The molecular weight excluding hydrogens is 250 g/mol. The van der Waals surface area contributed by atoms with E-state index in [1.54, 1.807) is 6.07 Å². The minimum atomic E-state index is -2.52. The van der Waals surface area contributed by atoms with Gasteiger partial charge in [-0.15, -0.1) is 0 Å². The van der Waals surface area contributed by atoms with Crippen LogP contribution in [0.5, 0.6) is 0 Å². The van der Waals surface area contributed by atoms with Crippen molar-refractivity contribution >= 4 is 15.9 Å². The normalized spacial score (nSPS) is 25.2. The lowest BCUT2D eigenvalue weighted by Gasteiger charge is -2.20. The molecule has 0 aromatic heterocycles. The molecule has 14 heavy (non-hydrogen) atoms. The lowest BCUT2D eigenvalue weighted by Crippen LogP contribution is -2.19. The molecule has 1 aromatic carbocycles. The Labute approximate surface area is 90.4 Å². The number of benzene rings is 1. The summed E-state index contributed by atoms with van der Waals surface area (Å²) in [6, 6.07) is 7.27. The van der Waals surface area contributed by atoms with E-state index in [4.69, 9.17) is 0 Å². The zero-order valence-electron chi connectivity index (χ0n) is 7.64. The molecule has 0 saturated heterocycles. The molecule has 1 aliphatic rings. The summed E-state index contributed by atoms with van der Waals surface area (Å²) < 4.78 is 27.7. The van der Waals surface area contributed by atoms with Gasteiger partial charge in [0.1, 0.15) is 0 Å². The second kappa shape index (κ2) is 3.61. The van der Waals surface area contributed by atoms with Crippen LogP contribution in [-0.2, 0) is 0 Å². The van der Waals surface area contributed by atoms with Crippen LogP contribution >= 0.6 is 15.9 Å². The Balaban J connectivity index is 2.36. The summed E-state index contributed by atoms with van der Waals surface area (Å²) in [5.74, 6) is -3.12. The monoisotopic (exact) mass is 260 g/mol. The van der Waals surface area contributed by atoms with Crippen molar-refractivity contribution < 1.29 is 8.78 Å². The first-order chi connectivity index (χ1) is 6.61. The number of rotatable bonds is 1. The fourth-order valence-corrected chi connectivity index (χ4v) is 2.63. The molecule has 0 aliphatic heterocycles. The van der Waals surface area contributed by atoms with E-state index in [1.165, 1.54) is 0 Å². The maximum Gasteiger partial charge on any atom is 0.254 e. The average Bonchev–Trinajstić information content (AvgIpc) is 2.46. The van der Waals surface area contributed by atoms with E-state index in [0.29, 0.717) is 12.8 Å². The van der Waals surface area contributed by atoms with Crippen molar-refractivity contribution in [2.45, 2.75) is 31.1 Å². The van der Waals surface area contributed by atoms with Gasteiger partial charge >= 0.3 is 0 Å². The Bertz CT molecular complexity index is 336. The van der Waals surface area contributed by atoms with Crippen molar-refractivity contribution in [3.63, 3.8) is 0 Å². The number of alkyl halides is 2. The molecule has 1 unspecified atom stereocenters. The van der Waals surface area contributed by atoms with Crippen LogP contribution in [0.4, 0.5) is 8.78 Å². The van der Waals surface area contributed by atoms with Gasteiger partial charge in [-0.2, -0.15) is 0 Å². The van der Waals surface area contributed by atoms with Crippen LogP contribution in [-0.4, -0.2) is 5.92 Å². The molecule has 0 bridgehead atoms. The fraction of sp³-hybridized carbons (Fsp3) is 0.455. The first-order valence-corrected chi connectivity index (χ1v) is 5.53. The molecule has 0 heterocycles. The molecule has 2 rings (SSSR count). The number of halogens is 3. The summed E-state index contributed by atoms with van der Waals surface area (Å²) in [7, 11) is 0. The molecule has 0 spiro atoms. The summed E-state index contributed by atoms with van der Waals surface area (Å²) in [5.41, 5.74) is 0.745. The van der Waals surface area contributed by atoms with Crippen molar-refractivity contribution in [3.05, 3.63) is 34.3 Å². The Morgan fingerprint density at radius 3 is 2.57 bits per heavy atom. The van der Waals surface area contributed by atoms with Crippen LogP contribution in [0.3, 0.4) is 0 Å². The highest BCUT2D eigenvalue weighted by molar-refractivity contribution is 9.10. The predicted octanol–water partition coefficient (Wildman–Crippen LogP) is 4.35. The zero-order valence-corrected chi connectivity index (χ0v) is 9.23. The van der Waals surface area contributed by atoms with Gasteiger partial charge in [0, 0.05) is 16.8 Å². The summed E-state index contributed by atoms with van der Waals surface area (Å²) in [6.45, 7) is 0. The van der Waals surface area contributed by atoms with Gasteiger partial charge in [-0.1, -0.05) is 34.1 Å². The molecule has 1 saturated carbocycles. The minimum Gasteiger partial charge on any atom is -0.206 e. The van der Waals surface area contributed by atoms with Crippen LogP contribution < -0.4 is 0 Å². The van der Waals surface area contributed by atoms with Crippen molar-refractivity contribution in [2.24, 2.45) is 0 Å². The molecule has 1 atom stereocenters. The Kier molecular flexibility index (Phi) is 2.60. The van der Waals surface area contributed by atoms with Crippen molar-refractivity contribution in [1.82, 2.24) is 0 Å². The second-order valence-electron chi connectivity index (χ2n) is 3.73. The van der Waals surface area contributed by atoms with Crippen LogP contribution in [0.15, 0.2) is 28.7 Å². The molecule has 0 amide bonds. The quantitative estimate of drug-likeness (QED) is 0.704. The lowest BCUT2D eigenvalue weighted by molar-refractivity contribution is -0.00913. The topological polar surface area (TPSA) is 0 Å². The highest BCUT2D eigenvalue weighted by Crippen LogP contribution is 2.48. The van der Waals surface area contributed by atoms with E-state index < -0.39 is 11.8 Å². The van der Waals surface area contributed by atoms with Gasteiger partial charge in [-0.3, -0.25) is 0 Å². The third-order valence-corrected chi connectivity index (χ3v) is 3.52. The van der Waals surface area contributed by atoms with Crippen LogP contribution in [0, 0.1) is 0 Å². The first kappa shape index (κ1) is 10.1. The molecule has 0 nitrogen and oxygen atoms in total. The molecule has 76 valence electrons. The maximum absolute atomic E-state index is 13.5. The molecule has 1 fully saturated rings. The van der Waals surface area contributed by atoms with Crippen molar-refractivity contribution in [1.29, 1.82) is 0 Å². The average molecular weight is 261 g/mol. The van der Waals surface area contributed by atoms with Gasteiger partial charge < -0.3 is 0 Å². The van der Waals surface area contributed by atoms with E-state index in [-0.39, 0.29) is 6.42 Å². The summed E-state index contributed by atoms with van der Waals surface area (Å²) in [5, 5.41) is 0. The standard InChI is InChI=1S/C11H11BrF2/c12-10-6-2-1-4-8(10)9-5-3-7-11(9,13)14/h1-2,4,6,9H,3,5,7H2. The molecule has 1 aliphatic carbocycles. The summed E-state index contributed by atoms with van der Waals surface area (Å²) in [4.78, 5) is 0. The van der Waals surface area contributed by atoms with Gasteiger partial charge in [0.2, 0.25) is 0 Å².